The van der Waals surface area contributed by atoms with Gasteiger partial charge in [-0.1, -0.05) is 182 Å². The van der Waals surface area contributed by atoms with Crippen molar-refractivity contribution in [1.82, 2.24) is 0 Å². The van der Waals surface area contributed by atoms with Gasteiger partial charge in [-0.25, -0.2) is 0 Å². The van der Waals surface area contributed by atoms with E-state index < -0.39 is 6.10 Å². The van der Waals surface area contributed by atoms with Crippen LogP contribution in [-0.4, -0.2) is 37.2 Å². The van der Waals surface area contributed by atoms with Crippen molar-refractivity contribution < 1.29 is 28.6 Å². The number of carbonyl (C=O) groups excluding carboxylic acids is 3. The van der Waals surface area contributed by atoms with Gasteiger partial charge >= 0.3 is 17.9 Å². The smallest absolute Gasteiger partial charge is 0.306 e. The van der Waals surface area contributed by atoms with Crippen LogP contribution in [0.15, 0.2) is 0 Å². The van der Waals surface area contributed by atoms with Gasteiger partial charge in [0, 0.05) is 19.3 Å². The summed E-state index contributed by atoms with van der Waals surface area (Å²) in [6.45, 7) is 11.2. The van der Waals surface area contributed by atoms with Crippen molar-refractivity contribution in [3.05, 3.63) is 0 Å². The second-order valence-electron chi connectivity index (χ2n) is 15.0. The Morgan fingerprint density at radius 3 is 1.19 bits per heavy atom. The summed E-state index contributed by atoms with van der Waals surface area (Å²) in [5.41, 5.74) is 0. The summed E-state index contributed by atoms with van der Waals surface area (Å²) >= 11 is 0. The zero-order chi connectivity index (χ0) is 35.5. The van der Waals surface area contributed by atoms with Crippen LogP contribution in [0.2, 0.25) is 0 Å². The van der Waals surface area contributed by atoms with Crippen LogP contribution in [-0.2, 0) is 28.6 Å². The van der Waals surface area contributed by atoms with E-state index in [1.54, 1.807) is 0 Å². The molecule has 0 heterocycles. The average molecular weight is 681 g/mol. The number of carbonyl (C=O) groups is 3. The summed E-state index contributed by atoms with van der Waals surface area (Å²) in [6.07, 6.45) is 31.0. The standard InChI is InChI=1S/C42H80O6/c1-6-8-9-10-15-22-27-32-40(43)46-35-39(36-47-41(44)33-28-23-19-18-20-25-30-37(3)4)48-42(45)34-29-24-17-14-12-11-13-16-21-26-31-38(5)7-2/h37-39H,6-36H2,1-5H3/t38?,39-/m1/s1. The highest BCUT2D eigenvalue weighted by Crippen LogP contribution is 2.16. The van der Waals surface area contributed by atoms with Crippen LogP contribution in [0.1, 0.15) is 221 Å². The van der Waals surface area contributed by atoms with Crippen molar-refractivity contribution in [3.63, 3.8) is 0 Å². The van der Waals surface area contributed by atoms with Crippen molar-refractivity contribution in [3.8, 4) is 0 Å². The van der Waals surface area contributed by atoms with Gasteiger partial charge in [0.1, 0.15) is 13.2 Å². The predicted octanol–water partition coefficient (Wildman–Crippen LogP) is 12.6. The fourth-order valence-corrected chi connectivity index (χ4v) is 6.01. The largest absolute Gasteiger partial charge is 0.462 e. The molecule has 6 nitrogen and oxygen atoms in total. The lowest BCUT2D eigenvalue weighted by Crippen LogP contribution is -2.30. The van der Waals surface area contributed by atoms with E-state index in [4.69, 9.17) is 14.2 Å². The maximum atomic E-state index is 12.6. The van der Waals surface area contributed by atoms with Gasteiger partial charge in [-0.2, -0.15) is 0 Å². The van der Waals surface area contributed by atoms with E-state index in [1.165, 1.54) is 109 Å². The first-order valence-corrected chi connectivity index (χ1v) is 20.8. The fraction of sp³-hybridized carbons (Fsp3) is 0.929. The zero-order valence-corrected chi connectivity index (χ0v) is 32.6. The minimum Gasteiger partial charge on any atom is -0.462 e. The predicted molar refractivity (Wildman–Crippen MR) is 201 cm³/mol. The van der Waals surface area contributed by atoms with Crippen LogP contribution < -0.4 is 0 Å². The minimum absolute atomic E-state index is 0.0671. The molecule has 0 spiro atoms. The Morgan fingerprint density at radius 2 is 0.792 bits per heavy atom. The van der Waals surface area contributed by atoms with Gasteiger partial charge in [0.05, 0.1) is 0 Å². The first kappa shape index (κ1) is 46.4. The number of rotatable bonds is 36. The molecule has 0 aliphatic rings. The summed E-state index contributed by atoms with van der Waals surface area (Å²) in [7, 11) is 0. The molecule has 0 bridgehead atoms. The molecular formula is C42H80O6. The van der Waals surface area contributed by atoms with E-state index in [2.05, 4.69) is 34.6 Å². The van der Waals surface area contributed by atoms with Crippen LogP contribution in [0.5, 0.6) is 0 Å². The van der Waals surface area contributed by atoms with Gasteiger partial charge < -0.3 is 14.2 Å². The molecule has 0 aliphatic carbocycles. The topological polar surface area (TPSA) is 78.9 Å². The van der Waals surface area contributed by atoms with Gasteiger partial charge in [0.15, 0.2) is 6.10 Å². The maximum absolute atomic E-state index is 12.6. The van der Waals surface area contributed by atoms with E-state index >= 15 is 0 Å². The summed E-state index contributed by atoms with van der Waals surface area (Å²) in [5, 5.41) is 0. The molecule has 0 rings (SSSR count). The second-order valence-corrected chi connectivity index (χ2v) is 15.0. The van der Waals surface area contributed by atoms with Crippen molar-refractivity contribution in [2.45, 2.75) is 227 Å². The highest BCUT2D eigenvalue weighted by molar-refractivity contribution is 5.71. The van der Waals surface area contributed by atoms with Gasteiger partial charge in [-0.05, 0) is 31.1 Å². The molecule has 0 radical (unpaired) electrons. The van der Waals surface area contributed by atoms with Gasteiger partial charge in [-0.15, -0.1) is 0 Å². The van der Waals surface area contributed by atoms with E-state index in [0.29, 0.717) is 19.3 Å². The van der Waals surface area contributed by atoms with Crippen molar-refractivity contribution in [2.75, 3.05) is 13.2 Å². The molecule has 0 fully saturated rings. The van der Waals surface area contributed by atoms with Crippen LogP contribution in [0.3, 0.4) is 0 Å². The molecule has 284 valence electrons. The lowest BCUT2D eigenvalue weighted by Gasteiger charge is -2.18. The van der Waals surface area contributed by atoms with E-state index in [-0.39, 0.29) is 31.1 Å². The number of unbranched alkanes of at least 4 members (excludes halogenated alkanes) is 20. The SMILES string of the molecule is CCCCCCCCCC(=O)OC[C@H](COC(=O)CCCCCCCCC(C)C)OC(=O)CCCCCCCCCCCCC(C)CC. The molecule has 0 aromatic heterocycles. The molecule has 0 aliphatic heterocycles. The Labute approximate surface area is 298 Å². The van der Waals surface area contributed by atoms with Crippen molar-refractivity contribution in [1.29, 1.82) is 0 Å². The Balaban J connectivity index is 4.31. The van der Waals surface area contributed by atoms with Gasteiger partial charge in [0.2, 0.25) is 0 Å². The Bertz CT molecular complexity index is 736. The molecule has 0 amide bonds. The maximum Gasteiger partial charge on any atom is 0.306 e. The number of ether oxygens (including phenoxy) is 3. The van der Waals surface area contributed by atoms with Crippen LogP contribution in [0.25, 0.3) is 0 Å². The fourth-order valence-electron chi connectivity index (χ4n) is 6.01. The third-order valence-electron chi connectivity index (χ3n) is 9.58. The summed E-state index contributed by atoms with van der Waals surface area (Å²) in [4.78, 5) is 37.4. The molecule has 0 N–H and O–H groups in total. The minimum atomic E-state index is -0.759. The number of esters is 3. The van der Waals surface area contributed by atoms with Crippen molar-refractivity contribution in [2.24, 2.45) is 11.8 Å². The lowest BCUT2D eigenvalue weighted by molar-refractivity contribution is -0.167. The molecule has 6 heteroatoms. The quantitative estimate of drug-likeness (QED) is 0.0372. The molecule has 48 heavy (non-hydrogen) atoms. The number of hydrogen-bond acceptors (Lipinski definition) is 6. The van der Waals surface area contributed by atoms with Crippen LogP contribution >= 0.6 is 0 Å². The Hall–Kier alpha value is -1.59. The van der Waals surface area contributed by atoms with Crippen LogP contribution in [0.4, 0.5) is 0 Å². The molecule has 0 aromatic carbocycles. The Morgan fingerprint density at radius 1 is 0.438 bits per heavy atom. The summed E-state index contributed by atoms with van der Waals surface area (Å²) in [6, 6.07) is 0. The first-order chi connectivity index (χ1) is 23.3. The van der Waals surface area contributed by atoms with Crippen LogP contribution in [0, 0.1) is 11.8 Å². The molecular weight excluding hydrogens is 600 g/mol. The third-order valence-corrected chi connectivity index (χ3v) is 9.58. The van der Waals surface area contributed by atoms with E-state index in [9.17, 15) is 14.4 Å². The monoisotopic (exact) mass is 681 g/mol. The lowest BCUT2D eigenvalue weighted by atomic mass is 9.99. The molecule has 0 saturated heterocycles. The molecule has 1 unspecified atom stereocenters. The average Bonchev–Trinajstić information content (AvgIpc) is 3.06. The summed E-state index contributed by atoms with van der Waals surface area (Å²) in [5.74, 6) is 0.757. The highest BCUT2D eigenvalue weighted by Gasteiger charge is 2.19. The highest BCUT2D eigenvalue weighted by atomic mass is 16.6. The molecule has 0 saturated carbocycles. The third kappa shape index (κ3) is 34.3. The second kappa shape index (κ2) is 35.2. The summed E-state index contributed by atoms with van der Waals surface area (Å²) < 4.78 is 16.6. The molecule has 0 aromatic rings. The van der Waals surface area contributed by atoms with E-state index in [0.717, 1.165) is 69.6 Å². The molecule has 2 atom stereocenters. The van der Waals surface area contributed by atoms with Gasteiger partial charge in [-0.3, -0.25) is 14.4 Å². The number of hydrogen-bond donors (Lipinski definition) is 0. The normalized spacial score (nSPS) is 12.6. The van der Waals surface area contributed by atoms with Gasteiger partial charge in [0.25, 0.3) is 0 Å². The van der Waals surface area contributed by atoms with E-state index in [1.807, 2.05) is 0 Å². The van der Waals surface area contributed by atoms with Crippen molar-refractivity contribution >= 4 is 17.9 Å². The zero-order valence-electron chi connectivity index (χ0n) is 32.6. The first-order valence-electron chi connectivity index (χ1n) is 20.8. The Kier molecular flexibility index (Phi) is 34.1.